The Bertz CT molecular complexity index is 765. The molecule has 0 saturated heterocycles. The molecule has 0 amide bonds. The van der Waals surface area contributed by atoms with Crippen LogP contribution in [0.4, 0.5) is 5.69 Å². The molecule has 1 heterocycles. The lowest BCUT2D eigenvalue weighted by atomic mass is 10.1. The van der Waals surface area contributed by atoms with Crippen molar-refractivity contribution in [1.29, 1.82) is 0 Å². The van der Waals surface area contributed by atoms with E-state index in [0.29, 0.717) is 12.4 Å². The van der Waals surface area contributed by atoms with Gasteiger partial charge in [-0.3, -0.25) is 5.10 Å². The Morgan fingerprint density at radius 3 is 2.65 bits per heavy atom. The lowest BCUT2D eigenvalue weighted by molar-refractivity contribution is 0.340. The molecule has 0 radical (unpaired) electrons. The number of hydrogen-bond donors (Lipinski definition) is 2. The standard InChI is InChI=1S/C18H20N4O/c1-3-23-17-9-7-14(8-10-17)12-19-16-6-4-5-15(11-16)18-20-13(2)21-22-18/h4-11,19H,3,12H2,1-2H3,(H,20,21,22). The van der Waals surface area contributed by atoms with Gasteiger partial charge in [-0.2, -0.15) is 5.10 Å². The second-order valence-electron chi connectivity index (χ2n) is 5.26. The molecular formula is C18H20N4O. The number of anilines is 1. The highest BCUT2D eigenvalue weighted by atomic mass is 16.5. The van der Waals surface area contributed by atoms with E-state index in [-0.39, 0.29) is 0 Å². The first kappa shape index (κ1) is 15.1. The Morgan fingerprint density at radius 1 is 1.13 bits per heavy atom. The molecule has 0 aliphatic heterocycles. The molecule has 0 unspecified atom stereocenters. The molecule has 118 valence electrons. The number of nitrogens with zero attached hydrogens (tertiary/aromatic N) is 2. The predicted molar refractivity (Wildman–Crippen MR) is 91.5 cm³/mol. The van der Waals surface area contributed by atoms with E-state index in [1.54, 1.807) is 0 Å². The molecule has 0 aliphatic carbocycles. The molecule has 0 spiro atoms. The molecule has 0 aliphatic rings. The molecule has 2 aromatic carbocycles. The van der Waals surface area contributed by atoms with E-state index in [2.05, 4.69) is 38.7 Å². The molecule has 2 N–H and O–H groups in total. The fourth-order valence-electron chi connectivity index (χ4n) is 2.31. The van der Waals surface area contributed by atoms with Crippen molar-refractivity contribution < 1.29 is 4.74 Å². The van der Waals surface area contributed by atoms with E-state index in [4.69, 9.17) is 4.74 Å². The van der Waals surface area contributed by atoms with Crippen molar-refractivity contribution in [2.75, 3.05) is 11.9 Å². The Balaban J connectivity index is 1.66. The zero-order valence-corrected chi connectivity index (χ0v) is 13.3. The molecule has 5 nitrogen and oxygen atoms in total. The third kappa shape index (κ3) is 3.88. The van der Waals surface area contributed by atoms with Crippen molar-refractivity contribution in [3.63, 3.8) is 0 Å². The zero-order valence-electron chi connectivity index (χ0n) is 13.3. The van der Waals surface area contributed by atoms with E-state index < -0.39 is 0 Å². The third-order valence-corrected chi connectivity index (χ3v) is 3.45. The van der Waals surface area contributed by atoms with Gasteiger partial charge in [0.1, 0.15) is 11.6 Å². The highest BCUT2D eigenvalue weighted by Gasteiger charge is 2.04. The predicted octanol–water partition coefficient (Wildman–Crippen LogP) is 3.79. The Labute approximate surface area is 135 Å². The summed E-state index contributed by atoms with van der Waals surface area (Å²) in [5.74, 6) is 2.43. The molecule has 0 bridgehead atoms. The van der Waals surface area contributed by atoms with Crippen LogP contribution in [0.2, 0.25) is 0 Å². The molecule has 0 saturated carbocycles. The van der Waals surface area contributed by atoms with Gasteiger partial charge < -0.3 is 10.1 Å². The van der Waals surface area contributed by atoms with Gasteiger partial charge in [-0.25, -0.2) is 4.98 Å². The molecule has 3 rings (SSSR count). The maximum absolute atomic E-state index is 5.45. The average molecular weight is 308 g/mol. The molecular weight excluding hydrogens is 288 g/mol. The van der Waals surface area contributed by atoms with Crippen LogP contribution in [0.25, 0.3) is 11.4 Å². The van der Waals surface area contributed by atoms with Crippen molar-refractivity contribution in [3.05, 3.63) is 59.9 Å². The van der Waals surface area contributed by atoms with Gasteiger partial charge in [0.2, 0.25) is 0 Å². The maximum atomic E-state index is 5.45. The number of aromatic nitrogens is 3. The SMILES string of the molecule is CCOc1ccc(CNc2cccc(-c3n[nH]c(C)n3)c2)cc1. The van der Waals surface area contributed by atoms with Crippen LogP contribution in [0.5, 0.6) is 5.75 Å². The number of aryl methyl sites for hydroxylation is 1. The Kier molecular flexibility index (Phi) is 4.57. The number of ether oxygens (including phenoxy) is 1. The fraction of sp³-hybridized carbons (Fsp3) is 0.222. The summed E-state index contributed by atoms with van der Waals surface area (Å²) in [6.45, 7) is 5.32. The quantitative estimate of drug-likeness (QED) is 0.727. The summed E-state index contributed by atoms with van der Waals surface area (Å²) in [5.41, 5.74) is 3.23. The van der Waals surface area contributed by atoms with E-state index in [1.165, 1.54) is 5.56 Å². The van der Waals surface area contributed by atoms with Crippen molar-refractivity contribution in [2.24, 2.45) is 0 Å². The van der Waals surface area contributed by atoms with Gasteiger partial charge in [-0.05, 0) is 43.7 Å². The first-order chi connectivity index (χ1) is 11.2. The highest BCUT2D eigenvalue weighted by molar-refractivity contribution is 5.62. The molecule has 23 heavy (non-hydrogen) atoms. The number of hydrogen-bond acceptors (Lipinski definition) is 4. The molecule has 5 heteroatoms. The minimum Gasteiger partial charge on any atom is -0.494 e. The van der Waals surface area contributed by atoms with Gasteiger partial charge in [0.25, 0.3) is 0 Å². The number of benzene rings is 2. The largest absolute Gasteiger partial charge is 0.494 e. The Hall–Kier alpha value is -2.82. The summed E-state index contributed by atoms with van der Waals surface area (Å²) in [6.07, 6.45) is 0. The van der Waals surface area contributed by atoms with Crippen LogP contribution in [0, 0.1) is 6.92 Å². The van der Waals surface area contributed by atoms with Crippen LogP contribution < -0.4 is 10.1 Å². The van der Waals surface area contributed by atoms with Crippen LogP contribution in [-0.4, -0.2) is 21.8 Å². The van der Waals surface area contributed by atoms with Crippen LogP contribution >= 0.6 is 0 Å². The first-order valence-corrected chi connectivity index (χ1v) is 7.69. The molecule has 0 fully saturated rings. The van der Waals surface area contributed by atoms with Gasteiger partial charge in [-0.15, -0.1) is 0 Å². The third-order valence-electron chi connectivity index (χ3n) is 3.45. The highest BCUT2D eigenvalue weighted by Crippen LogP contribution is 2.20. The van der Waals surface area contributed by atoms with Crippen LogP contribution in [0.3, 0.4) is 0 Å². The molecule has 0 atom stereocenters. The second kappa shape index (κ2) is 6.96. The number of nitrogens with one attached hydrogen (secondary N) is 2. The number of rotatable bonds is 6. The van der Waals surface area contributed by atoms with E-state index >= 15 is 0 Å². The minimum atomic E-state index is 0.686. The van der Waals surface area contributed by atoms with Gasteiger partial charge in [0, 0.05) is 17.8 Å². The first-order valence-electron chi connectivity index (χ1n) is 7.69. The maximum Gasteiger partial charge on any atom is 0.181 e. The van der Waals surface area contributed by atoms with Crippen molar-refractivity contribution in [2.45, 2.75) is 20.4 Å². The smallest absolute Gasteiger partial charge is 0.181 e. The normalized spacial score (nSPS) is 10.5. The summed E-state index contributed by atoms with van der Waals surface area (Å²) in [5, 5.41) is 10.5. The molecule has 3 aromatic rings. The number of H-pyrrole nitrogens is 1. The van der Waals surface area contributed by atoms with Crippen LogP contribution in [0.15, 0.2) is 48.5 Å². The van der Waals surface area contributed by atoms with Crippen LogP contribution in [0.1, 0.15) is 18.3 Å². The zero-order chi connectivity index (χ0) is 16.1. The summed E-state index contributed by atoms with van der Waals surface area (Å²) in [7, 11) is 0. The lowest BCUT2D eigenvalue weighted by Gasteiger charge is -2.09. The fourth-order valence-corrected chi connectivity index (χ4v) is 2.31. The summed E-state index contributed by atoms with van der Waals surface area (Å²) in [6, 6.07) is 16.2. The van der Waals surface area contributed by atoms with Crippen molar-refractivity contribution >= 4 is 5.69 Å². The summed E-state index contributed by atoms with van der Waals surface area (Å²) >= 11 is 0. The van der Waals surface area contributed by atoms with Crippen molar-refractivity contribution in [3.8, 4) is 17.1 Å². The van der Waals surface area contributed by atoms with Gasteiger partial charge in [-0.1, -0.05) is 24.3 Å². The van der Waals surface area contributed by atoms with E-state index in [9.17, 15) is 0 Å². The van der Waals surface area contributed by atoms with Gasteiger partial charge >= 0.3 is 0 Å². The van der Waals surface area contributed by atoms with Crippen LogP contribution in [-0.2, 0) is 6.54 Å². The van der Waals surface area contributed by atoms with Crippen molar-refractivity contribution in [1.82, 2.24) is 15.2 Å². The van der Waals surface area contributed by atoms with Gasteiger partial charge in [0.15, 0.2) is 5.82 Å². The lowest BCUT2D eigenvalue weighted by Crippen LogP contribution is -2.00. The average Bonchev–Trinajstić information content (AvgIpc) is 3.01. The summed E-state index contributed by atoms with van der Waals surface area (Å²) < 4.78 is 5.45. The minimum absolute atomic E-state index is 0.686. The topological polar surface area (TPSA) is 62.8 Å². The Morgan fingerprint density at radius 2 is 1.96 bits per heavy atom. The second-order valence-corrected chi connectivity index (χ2v) is 5.26. The number of aromatic amines is 1. The monoisotopic (exact) mass is 308 g/mol. The van der Waals surface area contributed by atoms with E-state index in [1.807, 2.05) is 44.2 Å². The van der Waals surface area contributed by atoms with Gasteiger partial charge in [0.05, 0.1) is 6.61 Å². The summed E-state index contributed by atoms with van der Waals surface area (Å²) in [4.78, 5) is 4.36. The van der Waals surface area contributed by atoms with E-state index in [0.717, 1.165) is 29.4 Å². The molecule has 1 aromatic heterocycles.